The van der Waals surface area contributed by atoms with Gasteiger partial charge in [-0.05, 0) is 113 Å². The van der Waals surface area contributed by atoms with Gasteiger partial charge in [0.05, 0.1) is 40.3 Å². The lowest BCUT2D eigenvalue weighted by molar-refractivity contribution is -0.423. The molecule has 1 spiro atoms. The highest BCUT2D eigenvalue weighted by Crippen LogP contribution is 2.85. The Morgan fingerprint density at radius 3 is 2.35 bits per heavy atom. The minimum Gasteiger partial charge on any atom is -0.469 e. The van der Waals surface area contributed by atoms with Crippen LogP contribution >= 0.6 is 47.0 Å². The Balaban J connectivity index is 1.40. The summed E-state index contributed by atoms with van der Waals surface area (Å²) in [5, 5.41) is 14.0. The van der Waals surface area contributed by atoms with Gasteiger partial charge in [0.1, 0.15) is 5.41 Å². The van der Waals surface area contributed by atoms with E-state index in [0.29, 0.717) is 12.8 Å². The molecule has 0 aromatic carbocycles. The van der Waals surface area contributed by atoms with Gasteiger partial charge < -0.3 is 24.1 Å². The zero-order valence-corrected chi connectivity index (χ0v) is 33.9. The summed E-state index contributed by atoms with van der Waals surface area (Å²) in [6.07, 6.45) is 18.2. The molecule has 8 fully saturated rings. The molecule has 4 heterocycles. The van der Waals surface area contributed by atoms with Crippen LogP contribution in [0.3, 0.4) is 0 Å². The van der Waals surface area contributed by atoms with Crippen LogP contribution in [0, 0.1) is 40.4 Å². The summed E-state index contributed by atoms with van der Waals surface area (Å²) in [6, 6.07) is 0. The molecule has 1 N–H and O–H groups in total. The van der Waals surface area contributed by atoms with Crippen LogP contribution in [-0.2, 0) is 33.3 Å². The summed E-state index contributed by atoms with van der Waals surface area (Å²) < 4.78 is 25.1. The molecule has 4 saturated carbocycles. The number of allylic oxidation sites excluding steroid dienone is 4. The van der Waals surface area contributed by atoms with Crippen molar-refractivity contribution < 1.29 is 38.4 Å². The smallest absolute Gasteiger partial charge is 0.318 e. The van der Waals surface area contributed by atoms with Crippen molar-refractivity contribution in [2.75, 3.05) is 37.2 Å². The van der Waals surface area contributed by atoms with Crippen LogP contribution in [0.1, 0.15) is 90.9 Å². The Bertz CT molecular complexity index is 1390. The van der Waals surface area contributed by atoms with Gasteiger partial charge >= 0.3 is 17.9 Å². The first-order valence-corrected chi connectivity index (χ1v) is 23.3. The summed E-state index contributed by atoms with van der Waals surface area (Å²) in [4.78, 5) is 43.8. The van der Waals surface area contributed by atoms with E-state index in [1.54, 1.807) is 0 Å². The standard InChI is InChI=1S/C39H56O8S4/c1-5-7-9-10-11-12-16-25-26-22-27(37(17-13-8-6-2)50-20-15-21-51-37)46-39-29(26)30(32(40)44-3)36(34(42)45-4)24-35(33(41)47-39,38(39,43)31(25)36)23-28-48-18-14-19-49-28/h5-8,25-31,43H,9-24H2,1-4H3/b7-5+,8-6+/t25-,26-,27-,29-,30+,31+,35+,36+,38-,39+/m1/s1. The van der Waals surface area contributed by atoms with Crippen LogP contribution in [0.2, 0.25) is 0 Å². The van der Waals surface area contributed by atoms with Crippen molar-refractivity contribution in [1.29, 1.82) is 0 Å². The van der Waals surface area contributed by atoms with Gasteiger partial charge in [0, 0.05) is 11.8 Å². The number of carbonyl (C=O) groups excluding carboxylic acids is 3. The maximum Gasteiger partial charge on any atom is 0.318 e. The Morgan fingerprint density at radius 2 is 1.67 bits per heavy atom. The van der Waals surface area contributed by atoms with Crippen LogP contribution in [0.25, 0.3) is 0 Å². The molecule has 0 radical (unpaired) electrons. The van der Waals surface area contributed by atoms with Crippen molar-refractivity contribution in [2.45, 2.75) is 117 Å². The third kappa shape index (κ3) is 5.58. The summed E-state index contributed by atoms with van der Waals surface area (Å²) in [6.45, 7) is 4.09. The largest absolute Gasteiger partial charge is 0.469 e. The van der Waals surface area contributed by atoms with Crippen molar-refractivity contribution >= 4 is 65.0 Å². The Labute approximate surface area is 320 Å². The Kier molecular flexibility index (Phi) is 11.3. The van der Waals surface area contributed by atoms with E-state index in [1.165, 1.54) is 14.2 Å². The van der Waals surface area contributed by atoms with Crippen LogP contribution in [0.4, 0.5) is 0 Å². The fourth-order valence-electron chi connectivity index (χ4n) is 11.8. The van der Waals surface area contributed by atoms with Crippen molar-refractivity contribution in [2.24, 2.45) is 40.4 Å². The average Bonchev–Trinajstić information content (AvgIpc) is 3.46. The highest BCUT2D eigenvalue weighted by molar-refractivity contribution is 8.19. The van der Waals surface area contributed by atoms with Gasteiger partial charge in [0.25, 0.3) is 0 Å². The summed E-state index contributed by atoms with van der Waals surface area (Å²) in [5.74, 6) is -1.91. The van der Waals surface area contributed by atoms with Gasteiger partial charge in [-0.1, -0.05) is 37.1 Å². The van der Waals surface area contributed by atoms with Gasteiger partial charge in [-0.3, -0.25) is 14.4 Å². The van der Waals surface area contributed by atoms with E-state index in [4.69, 9.17) is 18.9 Å². The van der Waals surface area contributed by atoms with Crippen molar-refractivity contribution in [3.05, 3.63) is 24.3 Å². The van der Waals surface area contributed by atoms with E-state index in [9.17, 15) is 19.5 Å². The van der Waals surface area contributed by atoms with Gasteiger partial charge in [-0.25, -0.2) is 0 Å². The second kappa shape index (κ2) is 15.0. The molecule has 8 aliphatic rings. The molecule has 0 unspecified atom stereocenters. The average molecular weight is 781 g/mol. The number of thioether (sulfide) groups is 4. The minimum atomic E-state index is -1.81. The molecule has 0 aromatic rings. The maximum atomic E-state index is 14.9. The fraction of sp³-hybridized carbons (Fsp3) is 0.821. The quantitative estimate of drug-likeness (QED) is 0.0811. The number of hydrogen-bond donors (Lipinski definition) is 1. The topological polar surface area (TPSA) is 108 Å². The number of aliphatic hydroxyl groups is 1. The highest BCUT2D eigenvalue weighted by Gasteiger charge is 2.98. The van der Waals surface area contributed by atoms with Crippen molar-refractivity contribution in [1.82, 2.24) is 0 Å². The number of unbranched alkanes of at least 4 members (excludes halogenated alkanes) is 3. The predicted octanol–water partition coefficient (Wildman–Crippen LogP) is 7.63. The molecular formula is C39H56O8S4. The lowest BCUT2D eigenvalue weighted by Crippen LogP contribution is -2.82. The molecule has 4 saturated heterocycles. The van der Waals surface area contributed by atoms with Crippen LogP contribution in [0.5, 0.6) is 0 Å². The van der Waals surface area contributed by atoms with E-state index in [-0.39, 0.29) is 33.0 Å². The van der Waals surface area contributed by atoms with Gasteiger partial charge in [0.15, 0.2) is 5.60 Å². The van der Waals surface area contributed by atoms with Gasteiger partial charge in [0.2, 0.25) is 5.79 Å². The molecule has 8 nitrogen and oxygen atoms in total. The fourth-order valence-corrected chi connectivity index (χ4v) is 18.4. The lowest BCUT2D eigenvalue weighted by atomic mass is 9.38. The molecule has 10 atom stereocenters. The molecule has 8 rings (SSSR count). The maximum absolute atomic E-state index is 14.9. The SMILES string of the molecule is C/C=C/CCCCC[C@@H]1[C@H]2C[C@H](C3(CC/C=C/C)SCCCS3)O[C@]34OC(=O)[C@]5(CC6SCCCS6)C[C@](C(=O)OC)([C@H](C(=O)OC)[C@@H]23)[C@H]1[C@@]54O. The number of carbonyl (C=O) groups is 3. The first-order chi connectivity index (χ1) is 24.7. The summed E-state index contributed by atoms with van der Waals surface area (Å²) in [7, 11) is 2.74. The molecule has 12 heteroatoms. The van der Waals surface area contributed by atoms with Crippen LogP contribution in [0.15, 0.2) is 24.3 Å². The Hall–Kier alpha value is -0.790. The molecule has 4 aliphatic heterocycles. The van der Waals surface area contributed by atoms with E-state index < -0.39 is 57.9 Å². The van der Waals surface area contributed by atoms with E-state index in [0.717, 1.165) is 80.8 Å². The number of rotatable bonds is 14. The van der Waals surface area contributed by atoms with Crippen molar-refractivity contribution in [3.63, 3.8) is 0 Å². The van der Waals surface area contributed by atoms with Crippen molar-refractivity contribution in [3.8, 4) is 0 Å². The third-order valence-corrected chi connectivity index (χ3v) is 20.1. The molecule has 6 bridgehead atoms. The lowest BCUT2D eigenvalue weighted by Gasteiger charge is -2.70. The minimum absolute atomic E-state index is 0.0107. The Morgan fingerprint density at radius 1 is 0.961 bits per heavy atom. The molecule has 51 heavy (non-hydrogen) atoms. The molecule has 4 aliphatic carbocycles. The zero-order chi connectivity index (χ0) is 36.1. The van der Waals surface area contributed by atoms with E-state index in [2.05, 4.69) is 24.3 Å². The molecule has 0 amide bonds. The summed E-state index contributed by atoms with van der Waals surface area (Å²) in [5.41, 5.74) is -4.65. The molecular weight excluding hydrogens is 725 g/mol. The number of ether oxygens (including phenoxy) is 4. The highest BCUT2D eigenvalue weighted by atomic mass is 32.2. The molecule has 284 valence electrons. The number of esters is 3. The molecule has 0 aromatic heterocycles. The second-order valence-corrected chi connectivity index (χ2v) is 21.7. The number of hydrogen-bond acceptors (Lipinski definition) is 12. The first kappa shape index (κ1) is 38.5. The monoisotopic (exact) mass is 780 g/mol. The predicted molar refractivity (Wildman–Crippen MR) is 206 cm³/mol. The third-order valence-electron chi connectivity index (χ3n) is 13.5. The first-order valence-electron chi connectivity index (χ1n) is 19.2. The second-order valence-electron chi connectivity index (χ2n) is 15.7. The van der Waals surface area contributed by atoms with Crippen LogP contribution < -0.4 is 0 Å². The number of methoxy groups -OCH3 is 2. The summed E-state index contributed by atoms with van der Waals surface area (Å²) >= 11 is 7.53. The normalized spacial score (nSPS) is 42.4. The van der Waals surface area contributed by atoms with Gasteiger partial charge in [-0.15, -0.1) is 47.0 Å². The van der Waals surface area contributed by atoms with Crippen LogP contribution in [-0.4, -0.2) is 86.4 Å². The van der Waals surface area contributed by atoms with Gasteiger partial charge in [-0.2, -0.15) is 0 Å². The van der Waals surface area contributed by atoms with E-state index >= 15 is 0 Å². The zero-order valence-electron chi connectivity index (χ0n) is 30.6. The van der Waals surface area contributed by atoms with E-state index in [1.807, 2.05) is 60.9 Å².